The van der Waals surface area contributed by atoms with Gasteiger partial charge in [-0.2, -0.15) is 13.2 Å². The van der Waals surface area contributed by atoms with Crippen LogP contribution < -0.4 is 5.73 Å². The Morgan fingerprint density at radius 2 is 1.67 bits per heavy atom. The van der Waals surface area contributed by atoms with Gasteiger partial charge in [-0.15, -0.1) is 0 Å². The SMILES string of the molecule is CC(C)(C)N1C[C@H](N)C[C@H](C(F)(F)F)C1. The van der Waals surface area contributed by atoms with E-state index in [1.165, 1.54) is 0 Å². The first kappa shape index (κ1) is 12.8. The van der Waals surface area contributed by atoms with Gasteiger partial charge in [-0.05, 0) is 27.2 Å². The van der Waals surface area contributed by atoms with E-state index in [0.717, 1.165) is 0 Å². The Hall–Kier alpha value is -0.290. The molecule has 1 heterocycles. The molecule has 0 aromatic carbocycles. The second-order valence-corrected chi connectivity index (χ2v) is 5.31. The predicted octanol–water partition coefficient (Wildman–Crippen LogP) is 2.00. The summed E-state index contributed by atoms with van der Waals surface area (Å²) in [5, 5.41) is 0. The number of hydrogen-bond donors (Lipinski definition) is 1. The van der Waals surface area contributed by atoms with Gasteiger partial charge in [0.25, 0.3) is 0 Å². The highest BCUT2D eigenvalue weighted by Gasteiger charge is 2.45. The van der Waals surface area contributed by atoms with E-state index in [4.69, 9.17) is 5.73 Å². The normalized spacial score (nSPS) is 30.6. The van der Waals surface area contributed by atoms with Gasteiger partial charge in [0.2, 0.25) is 0 Å². The quantitative estimate of drug-likeness (QED) is 0.682. The van der Waals surface area contributed by atoms with Crippen molar-refractivity contribution in [1.29, 1.82) is 0 Å². The smallest absolute Gasteiger partial charge is 0.327 e. The fourth-order valence-corrected chi connectivity index (χ4v) is 1.92. The molecule has 2 N–H and O–H groups in total. The molecule has 5 heteroatoms. The van der Waals surface area contributed by atoms with Crippen molar-refractivity contribution in [3.8, 4) is 0 Å². The fraction of sp³-hybridized carbons (Fsp3) is 1.00. The summed E-state index contributed by atoms with van der Waals surface area (Å²) >= 11 is 0. The summed E-state index contributed by atoms with van der Waals surface area (Å²) in [6.07, 6.45) is -4.07. The van der Waals surface area contributed by atoms with Crippen molar-refractivity contribution in [2.24, 2.45) is 11.7 Å². The highest BCUT2D eigenvalue weighted by molar-refractivity contribution is 4.90. The first-order valence-corrected chi connectivity index (χ1v) is 5.18. The lowest BCUT2D eigenvalue weighted by molar-refractivity contribution is -0.192. The van der Waals surface area contributed by atoms with Gasteiger partial charge in [0, 0.05) is 24.7 Å². The molecule has 1 aliphatic rings. The largest absolute Gasteiger partial charge is 0.393 e. The standard InChI is InChI=1S/C10H19F3N2/c1-9(2,3)15-5-7(10(11,12)13)4-8(14)6-15/h7-8H,4-6,14H2,1-3H3/t7-,8+/m0/s1. The summed E-state index contributed by atoms with van der Waals surface area (Å²) in [4.78, 5) is 1.82. The number of hydrogen-bond acceptors (Lipinski definition) is 2. The Kier molecular flexibility index (Phi) is 3.36. The number of alkyl halides is 3. The zero-order valence-electron chi connectivity index (χ0n) is 9.43. The molecular weight excluding hydrogens is 205 g/mol. The van der Waals surface area contributed by atoms with Crippen LogP contribution in [0.3, 0.4) is 0 Å². The van der Waals surface area contributed by atoms with Crippen LogP contribution in [-0.4, -0.2) is 35.7 Å². The molecule has 0 unspecified atom stereocenters. The minimum Gasteiger partial charge on any atom is -0.327 e. The molecule has 0 amide bonds. The van der Waals surface area contributed by atoms with Crippen molar-refractivity contribution in [2.75, 3.05) is 13.1 Å². The molecule has 0 aromatic heterocycles. The Morgan fingerprint density at radius 3 is 2.07 bits per heavy atom. The highest BCUT2D eigenvalue weighted by Crippen LogP contribution is 2.34. The van der Waals surface area contributed by atoms with Crippen molar-refractivity contribution in [3.05, 3.63) is 0 Å². The van der Waals surface area contributed by atoms with Crippen LogP contribution in [0, 0.1) is 5.92 Å². The molecule has 1 rings (SSSR count). The molecule has 90 valence electrons. The Labute approximate surface area is 88.6 Å². The van der Waals surface area contributed by atoms with Crippen LogP contribution in [0.15, 0.2) is 0 Å². The van der Waals surface area contributed by atoms with Crippen molar-refractivity contribution >= 4 is 0 Å². The molecule has 0 bridgehead atoms. The van der Waals surface area contributed by atoms with E-state index in [2.05, 4.69) is 0 Å². The van der Waals surface area contributed by atoms with E-state index in [1.807, 2.05) is 25.7 Å². The highest BCUT2D eigenvalue weighted by atomic mass is 19.4. The number of halogens is 3. The van der Waals surface area contributed by atoms with E-state index >= 15 is 0 Å². The van der Waals surface area contributed by atoms with Crippen molar-refractivity contribution in [1.82, 2.24) is 4.90 Å². The molecule has 15 heavy (non-hydrogen) atoms. The monoisotopic (exact) mass is 224 g/mol. The van der Waals surface area contributed by atoms with Crippen molar-refractivity contribution < 1.29 is 13.2 Å². The van der Waals surface area contributed by atoms with Gasteiger partial charge in [-0.1, -0.05) is 0 Å². The number of rotatable bonds is 0. The summed E-state index contributed by atoms with van der Waals surface area (Å²) in [5.41, 5.74) is 5.42. The third-order valence-electron chi connectivity index (χ3n) is 2.89. The van der Waals surface area contributed by atoms with Gasteiger partial charge in [0.15, 0.2) is 0 Å². The van der Waals surface area contributed by atoms with Crippen LogP contribution in [0.1, 0.15) is 27.2 Å². The topological polar surface area (TPSA) is 29.3 Å². The van der Waals surface area contributed by atoms with Gasteiger partial charge < -0.3 is 5.73 Å². The van der Waals surface area contributed by atoms with E-state index in [-0.39, 0.29) is 24.5 Å². The minimum absolute atomic E-state index is 0.0517. The Morgan fingerprint density at radius 1 is 1.13 bits per heavy atom. The molecule has 0 aliphatic carbocycles. The second kappa shape index (κ2) is 3.94. The lowest BCUT2D eigenvalue weighted by atomic mass is 9.90. The second-order valence-electron chi connectivity index (χ2n) is 5.31. The molecule has 0 spiro atoms. The number of piperidine rings is 1. The predicted molar refractivity (Wildman–Crippen MR) is 53.5 cm³/mol. The summed E-state index contributed by atoms with van der Waals surface area (Å²) in [6.45, 7) is 6.37. The van der Waals surface area contributed by atoms with Gasteiger partial charge in [0.05, 0.1) is 5.92 Å². The van der Waals surface area contributed by atoms with Crippen LogP contribution in [0.4, 0.5) is 13.2 Å². The summed E-state index contributed by atoms with van der Waals surface area (Å²) in [5.74, 6) is -1.28. The Balaban J connectivity index is 2.73. The van der Waals surface area contributed by atoms with E-state index in [1.54, 1.807) is 0 Å². The zero-order chi connectivity index (χ0) is 11.9. The van der Waals surface area contributed by atoms with Crippen LogP contribution in [0.5, 0.6) is 0 Å². The zero-order valence-corrected chi connectivity index (χ0v) is 9.43. The van der Waals surface area contributed by atoms with E-state index in [0.29, 0.717) is 6.54 Å². The maximum absolute atomic E-state index is 12.6. The van der Waals surface area contributed by atoms with Gasteiger partial charge in [-0.3, -0.25) is 4.90 Å². The maximum Gasteiger partial charge on any atom is 0.393 e. The van der Waals surface area contributed by atoms with Crippen LogP contribution >= 0.6 is 0 Å². The molecular formula is C10H19F3N2. The molecule has 2 nitrogen and oxygen atoms in total. The van der Waals surface area contributed by atoms with Gasteiger partial charge in [-0.25, -0.2) is 0 Å². The van der Waals surface area contributed by atoms with Crippen molar-refractivity contribution in [2.45, 2.75) is 44.9 Å². The summed E-state index contributed by atoms with van der Waals surface area (Å²) in [6, 6.07) is -0.371. The maximum atomic E-state index is 12.6. The summed E-state index contributed by atoms with van der Waals surface area (Å²) in [7, 11) is 0. The average molecular weight is 224 g/mol. The van der Waals surface area contributed by atoms with Crippen molar-refractivity contribution in [3.63, 3.8) is 0 Å². The Bertz CT molecular complexity index is 198. The van der Waals surface area contributed by atoms with Gasteiger partial charge in [0.1, 0.15) is 0 Å². The van der Waals surface area contributed by atoms with E-state index < -0.39 is 12.1 Å². The minimum atomic E-state index is -4.12. The first-order valence-electron chi connectivity index (χ1n) is 5.18. The van der Waals surface area contributed by atoms with E-state index in [9.17, 15) is 13.2 Å². The third kappa shape index (κ3) is 3.34. The molecule has 0 saturated carbocycles. The first-order chi connectivity index (χ1) is 6.60. The number of likely N-dealkylation sites (tertiary alicyclic amines) is 1. The lowest BCUT2D eigenvalue weighted by Gasteiger charge is -2.44. The van der Waals surface area contributed by atoms with Gasteiger partial charge >= 0.3 is 6.18 Å². The van der Waals surface area contributed by atoms with Crippen LogP contribution in [-0.2, 0) is 0 Å². The van der Waals surface area contributed by atoms with Crippen LogP contribution in [0.25, 0.3) is 0 Å². The number of nitrogens with zero attached hydrogens (tertiary/aromatic N) is 1. The third-order valence-corrected chi connectivity index (χ3v) is 2.89. The lowest BCUT2D eigenvalue weighted by Crippen LogP contribution is -2.56. The average Bonchev–Trinajstić information content (AvgIpc) is 1.99. The van der Waals surface area contributed by atoms with Crippen LogP contribution in [0.2, 0.25) is 0 Å². The molecule has 1 aliphatic heterocycles. The summed E-state index contributed by atoms with van der Waals surface area (Å²) < 4.78 is 37.8. The number of nitrogens with two attached hydrogens (primary N) is 1. The molecule has 0 aromatic rings. The fourth-order valence-electron chi connectivity index (χ4n) is 1.92. The molecule has 0 radical (unpaired) electrons. The molecule has 1 saturated heterocycles. The molecule has 1 fully saturated rings. The molecule has 2 atom stereocenters.